The fraction of sp³-hybridized carbons (Fsp3) is 0.875. The fourth-order valence-corrected chi connectivity index (χ4v) is 2.69. The van der Waals surface area contributed by atoms with E-state index in [1.807, 2.05) is 18.7 Å². The number of nitrogens with zero attached hydrogens (tertiary/aromatic N) is 3. The van der Waals surface area contributed by atoms with Crippen molar-refractivity contribution in [2.24, 2.45) is 5.92 Å². The average Bonchev–Trinajstić information content (AvgIpc) is 2.47. The lowest BCUT2D eigenvalue weighted by Crippen LogP contribution is -2.56. The Morgan fingerprint density at radius 2 is 1.64 bits per heavy atom. The zero-order chi connectivity index (χ0) is 16.7. The molecule has 0 saturated carbocycles. The highest BCUT2D eigenvalue weighted by Gasteiger charge is 2.29. The van der Waals surface area contributed by atoms with Crippen LogP contribution in [0, 0.1) is 5.92 Å². The first kappa shape index (κ1) is 18.7. The maximum Gasteiger partial charge on any atom is 0.318 e. The summed E-state index contributed by atoms with van der Waals surface area (Å²) >= 11 is 0. The standard InChI is InChI=1S/C16H32N4O2/c1-6-19(7-2)16(22)17-14(12-13(3)4)15(21)20-10-8-18(5)9-11-20/h13-14H,6-12H2,1-5H3,(H,17,22)/t14-/m0/s1. The number of piperazine rings is 1. The van der Waals surface area contributed by atoms with E-state index in [2.05, 4.69) is 31.1 Å². The van der Waals surface area contributed by atoms with Gasteiger partial charge < -0.3 is 20.0 Å². The number of amides is 3. The third kappa shape index (κ3) is 5.48. The van der Waals surface area contributed by atoms with Gasteiger partial charge in [-0.05, 0) is 33.2 Å². The van der Waals surface area contributed by atoms with Crippen molar-refractivity contribution < 1.29 is 9.59 Å². The summed E-state index contributed by atoms with van der Waals surface area (Å²) in [5, 5.41) is 2.94. The minimum atomic E-state index is -0.420. The van der Waals surface area contributed by atoms with E-state index in [1.165, 1.54) is 0 Å². The number of hydrogen-bond donors (Lipinski definition) is 1. The second-order valence-electron chi connectivity index (χ2n) is 6.43. The van der Waals surface area contributed by atoms with Crippen LogP contribution in [0.25, 0.3) is 0 Å². The first-order chi connectivity index (χ1) is 10.4. The fourth-order valence-electron chi connectivity index (χ4n) is 2.69. The molecule has 3 amide bonds. The summed E-state index contributed by atoms with van der Waals surface area (Å²) in [6.45, 7) is 12.6. The van der Waals surface area contributed by atoms with Crippen LogP contribution in [0.4, 0.5) is 4.79 Å². The molecule has 0 unspecified atom stereocenters. The van der Waals surface area contributed by atoms with Gasteiger partial charge in [0.2, 0.25) is 5.91 Å². The van der Waals surface area contributed by atoms with E-state index in [-0.39, 0.29) is 11.9 Å². The zero-order valence-corrected chi connectivity index (χ0v) is 14.8. The van der Waals surface area contributed by atoms with E-state index in [4.69, 9.17) is 0 Å². The van der Waals surface area contributed by atoms with E-state index in [0.29, 0.717) is 25.4 Å². The van der Waals surface area contributed by atoms with E-state index in [9.17, 15) is 9.59 Å². The molecule has 0 bridgehead atoms. The summed E-state index contributed by atoms with van der Waals surface area (Å²) in [4.78, 5) is 30.8. The number of carbonyl (C=O) groups excluding carboxylic acids is 2. The molecule has 1 aliphatic rings. The predicted octanol–water partition coefficient (Wildman–Crippen LogP) is 1.23. The number of nitrogens with one attached hydrogen (secondary N) is 1. The van der Waals surface area contributed by atoms with Crippen LogP contribution in [0.2, 0.25) is 0 Å². The lowest BCUT2D eigenvalue weighted by atomic mass is 10.0. The van der Waals surface area contributed by atoms with Crippen molar-refractivity contribution in [2.45, 2.75) is 40.2 Å². The number of likely N-dealkylation sites (N-methyl/N-ethyl adjacent to an activating group) is 1. The summed E-state index contributed by atoms with van der Waals surface area (Å²) in [6.07, 6.45) is 0.679. The number of rotatable bonds is 6. The van der Waals surface area contributed by atoms with E-state index >= 15 is 0 Å². The maximum absolute atomic E-state index is 12.7. The van der Waals surface area contributed by atoms with E-state index in [0.717, 1.165) is 26.2 Å². The van der Waals surface area contributed by atoms with Crippen molar-refractivity contribution in [3.63, 3.8) is 0 Å². The Morgan fingerprint density at radius 1 is 1.09 bits per heavy atom. The summed E-state index contributed by atoms with van der Waals surface area (Å²) in [5.74, 6) is 0.417. The summed E-state index contributed by atoms with van der Waals surface area (Å²) in [7, 11) is 2.07. The number of carbonyl (C=O) groups is 2. The molecule has 0 radical (unpaired) electrons. The van der Waals surface area contributed by atoms with Gasteiger partial charge in [-0.15, -0.1) is 0 Å². The van der Waals surface area contributed by atoms with Gasteiger partial charge in [0.05, 0.1) is 0 Å². The Labute approximate surface area is 134 Å². The Morgan fingerprint density at radius 3 is 2.09 bits per heavy atom. The van der Waals surface area contributed by atoms with Crippen LogP contribution >= 0.6 is 0 Å². The predicted molar refractivity (Wildman–Crippen MR) is 88.8 cm³/mol. The minimum absolute atomic E-state index is 0.0577. The molecule has 1 saturated heterocycles. The third-order valence-corrected chi connectivity index (χ3v) is 4.17. The Bertz CT molecular complexity index is 361. The highest BCUT2D eigenvalue weighted by molar-refractivity contribution is 5.87. The summed E-state index contributed by atoms with van der Waals surface area (Å²) in [6, 6.07) is -0.561. The van der Waals surface area contributed by atoms with Crippen molar-refractivity contribution in [1.29, 1.82) is 0 Å². The van der Waals surface area contributed by atoms with E-state index in [1.54, 1.807) is 4.90 Å². The second-order valence-corrected chi connectivity index (χ2v) is 6.43. The lowest BCUT2D eigenvalue weighted by molar-refractivity contribution is -0.135. The van der Waals surface area contributed by atoms with Crippen LogP contribution in [0.1, 0.15) is 34.1 Å². The molecule has 0 aliphatic carbocycles. The quantitative estimate of drug-likeness (QED) is 0.802. The van der Waals surface area contributed by atoms with Gasteiger partial charge in [-0.25, -0.2) is 4.79 Å². The molecule has 6 nitrogen and oxygen atoms in total. The molecule has 0 spiro atoms. The molecule has 6 heteroatoms. The molecule has 1 N–H and O–H groups in total. The van der Waals surface area contributed by atoms with Crippen molar-refractivity contribution in [2.75, 3.05) is 46.3 Å². The Balaban J connectivity index is 2.70. The third-order valence-electron chi connectivity index (χ3n) is 4.17. The molecular weight excluding hydrogens is 280 g/mol. The van der Waals surface area contributed by atoms with Crippen molar-refractivity contribution in [3.8, 4) is 0 Å². The van der Waals surface area contributed by atoms with Crippen LogP contribution in [0.5, 0.6) is 0 Å². The van der Waals surface area contributed by atoms with Gasteiger partial charge in [0.25, 0.3) is 0 Å². The molecule has 0 aromatic rings. The topological polar surface area (TPSA) is 55.9 Å². The molecule has 1 aliphatic heterocycles. The maximum atomic E-state index is 12.7. The number of urea groups is 1. The molecular formula is C16H32N4O2. The van der Waals surface area contributed by atoms with Crippen LogP contribution < -0.4 is 5.32 Å². The lowest BCUT2D eigenvalue weighted by Gasteiger charge is -2.35. The molecule has 0 aromatic carbocycles. The minimum Gasteiger partial charge on any atom is -0.338 e. The monoisotopic (exact) mass is 312 g/mol. The van der Waals surface area contributed by atoms with Gasteiger partial charge in [-0.2, -0.15) is 0 Å². The summed E-state index contributed by atoms with van der Waals surface area (Å²) < 4.78 is 0. The number of hydrogen-bond acceptors (Lipinski definition) is 3. The van der Waals surface area contributed by atoms with Gasteiger partial charge in [-0.3, -0.25) is 4.79 Å². The molecule has 1 fully saturated rings. The normalized spacial score (nSPS) is 17.5. The van der Waals surface area contributed by atoms with Crippen LogP contribution in [0.3, 0.4) is 0 Å². The Hall–Kier alpha value is -1.30. The molecule has 128 valence electrons. The average molecular weight is 312 g/mol. The van der Waals surface area contributed by atoms with Crippen molar-refractivity contribution >= 4 is 11.9 Å². The molecule has 22 heavy (non-hydrogen) atoms. The molecule has 1 atom stereocenters. The second kappa shape index (κ2) is 8.98. The first-order valence-electron chi connectivity index (χ1n) is 8.41. The van der Waals surface area contributed by atoms with Crippen molar-refractivity contribution in [1.82, 2.24) is 20.0 Å². The molecule has 0 aromatic heterocycles. The van der Waals surface area contributed by atoms with Crippen LogP contribution in [0.15, 0.2) is 0 Å². The van der Waals surface area contributed by atoms with Gasteiger partial charge >= 0.3 is 6.03 Å². The summed E-state index contributed by atoms with van der Waals surface area (Å²) in [5.41, 5.74) is 0. The highest BCUT2D eigenvalue weighted by Crippen LogP contribution is 2.10. The van der Waals surface area contributed by atoms with Gasteiger partial charge in [0.1, 0.15) is 6.04 Å². The smallest absolute Gasteiger partial charge is 0.318 e. The Kier molecular flexibility index (Phi) is 7.65. The van der Waals surface area contributed by atoms with Gasteiger partial charge in [0, 0.05) is 39.3 Å². The molecule has 1 heterocycles. The zero-order valence-electron chi connectivity index (χ0n) is 14.8. The highest BCUT2D eigenvalue weighted by atomic mass is 16.2. The van der Waals surface area contributed by atoms with Gasteiger partial charge in [0.15, 0.2) is 0 Å². The van der Waals surface area contributed by atoms with Crippen LogP contribution in [-0.2, 0) is 4.79 Å². The largest absolute Gasteiger partial charge is 0.338 e. The van der Waals surface area contributed by atoms with E-state index < -0.39 is 6.04 Å². The molecule has 1 rings (SSSR count). The van der Waals surface area contributed by atoms with Crippen molar-refractivity contribution in [3.05, 3.63) is 0 Å². The first-order valence-corrected chi connectivity index (χ1v) is 8.41. The SMILES string of the molecule is CCN(CC)C(=O)N[C@@H](CC(C)C)C(=O)N1CCN(C)CC1. The van der Waals surface area contributed by atoms with Gasteiger partial charge in [-0.1, -0.05) is 13.8 Å². The van der Waals surface area contributed by atoms with Crippen LogP contribution in [-0.4, -0.2) is 79.0 Å².